The molecular weight excluding hydrogens is 268 g/mol. The standard InChI is InChI=1S/C16H24N2O3/c1-12-4-2-3-9-18(12)16(21)13-5-7-14(8-6-13)17-10-15(20)11-19/h5-8,12,15,17,19-20H,2-4,9-11H2,1H3. The van der Waals surface area contributed by atoms with Gasteiger partial charge in [-0.3, -0.25) is 4.79 Å². The van der Waals surface area contributed by atoms with Crippen molar-refractivity contribution < 1.29 is 15.0 Å². The Balaban J connectivity index is 1.96. The lowest BCUT2D eigenvalue weighted by Gasteiger charge is -2.33. The second-order valence-corrected chi connectivity index (χ2v) is 5.64. The predicted octanol–water partition coefficient (Wildman–Crippen LogP) is 1.47. The van der Waals surface area contributed by atoms with Crippen LogP contribution in [0, 0.1) is 0 Å². The zero-order valence-corrected chi connectivity index (χ0v) is 12.5. The van der Waals surface area contributed by atoms with Crippen molar-refractivity contribution in [1.82, 2.24) is 4.90 Å². The molecule has 0 radical (unpaired) electrons. The van der Waals surface area contributed by atoms with Gasteiger partial charge in [0.25, 0.3) is 5.91 Å². The number of nitrogens with zero attached hydrogens (tertiary/aromatic N) is 1. The summed E-state index contributed by atoms with van der Waals surface area (Å²) in [6, 6.07) is 7.57. The second kappa shape index (κ2) is 7.43. The number of carbonyl (C=O) groups excluding carboxylic acids is 1. The zero-order chi connectivity index (χ0) is 15.2. The monoisotopic (exact) mass is 292 g/mol. The molecule has 1 aliphatic rings. The van der Waals surface area contributed by atoms with E-state index in [4.69, 9.17) is 5.11 Å². The second-order valence-electron chi connectivity index (χ2n) is 5.64. The van der Waals surface area contributed by atoms with Gasteiger partial charge in [-0.25, -0.2) is 0 Å². The normalized spacial score (nSPS) is 20.1. The number of carbonyl (C=O) groups is 1. The van der Waals surface area contributed by atoms with Crippen molar-refractivity contribution in [1.29, 1.82) is 0 Å². The molecule has 0 aliphatic carbocycles. The molecule has 21 heavy (non-hydrogen) atoms. The van der Waals surface area contributed by atoms with Crippen LogP contribution in [-0.4, -0.2) is 52.9 Å². The summed E-state index contributed by atoms with van der Waals surface area (Å²) in [5.74, 6) is 0.0872. The first-order valence-electron chi connectivity index (χ1n) is 7.55. The molecule has 1 saturated heterocycles. The van der Waals surface area contributed by atoms with Crippen LogP contribution in [0.25, 0.3) is 0 Å². The molecule has 1 amide bonds. The molecule has 0 saturated carbocycles. The summed E-state index contributed by atoms with van der Waals surface area (Å²) in [5.41, 5.74) is 1.52. The van der Waals surface area contributed by atoms with E-state index in [2.05, 4.69) is 12.2 Å². The van der Waals surface area contributed by atoms with Crippen LogP contribution in [0.1, 0.15) is 36.5 Å². The van der Waals surface area contributed by atoms with Gasteiger partial charge in [-0.1, -0.05) is 0 Å². The Morgan fingerprint density at radius 1 is 1.38 bits per heavy atom. The van der Waals surface area contributed by atoms with Gasteiger partial charge in [0.05, 0.1) is 12.7 Å². The number of anilines is 1. The van der Waals surface area contributed by atoms with E-state index < -0.39 is 6.10 Å². The quantitative estimate of drug-likeness (QED) is 0.768. The lowest BCUT2D eigenvalue weighted by atomic mass is 10.0. The minimum atomic E-state index is -0.777. The summed E-state index contributed by atoms with van der Waals surface area (Å²) < 4.78 is 0. The van der Waals surface area contributed by atoms with Gasteiger partial charge in [0.15, 0.2) is 0 Å². The highest BCUT2D eigenvalue weighted by molar-refractivity contribution is 5.94. The van der Waals surface area contributed by atoms with Crippen molar-refractivity contribution in [3.8, 4) is 0 Å². The molecule has 1 aromatic carbocycles. The number of benzene rings is 1. The molecule has 5 heteroatoms. The van der Waals surface area contributed by atoms with Crippen molar-refractivity contribution in [3.05, 3.63) is 29.8 Å². The van der Waals surface area contributed by atoms with Crippen LogP contribution in [0.4, 0.5) is 5.69 Å². The van der Waals surface area contributed by atoms with Crippen LogP contribution >= 0.6 is 0 Å². The Morgan fingerprint density at radius 3 is 2.71 bits per heavy atom. The number of amides is 1. The highest BCUT2D eigenvalue weighted by Gasteiger charge is 2.23. The maximum absolute atomic E-state index is 12.5. The summed E-state index contributed by atoms with van der Waals surface area (Å²) in [6.45, 7) is 2.95. The van der Waals surface area contributed by atoms with Gasteiger partial charge in [-0.05, 0) is 50.5 Å². The predicted molar refractivity (Wildman–Crippen MR) is 82.4 cm³/mol. The molecule has 0 spiro atoms. The molecule has 1 aromatic rings. The lowest BCUT2D eigenvalue weighted by Crippen LogP contribution is -2.42. The summed E-state index contributed by atoms with van der Waals surface area (Å²) in [6.07, 6.45) is 2.57. The van der Waals surface area contributed by atoms with Crippen LogP contribution in [0.3, 0.4) is 0 Å². The largest absolute Gasteiger partial charge is 0.394 e. The Morgan fingerprint density at radius 2 is 2.10 bits per heavy atom. The molecule has 0 aromatic heterocycles. The Labute approximate surface area is 125 Å². The van der Waals surface area contributed by atoms with Crippen molar-refractivity contribution in [2.75, 3.05) is 25.0 Å². The van der Waals surface area contributed by atoms with E-state index in [1.807, 2.05) is 17.0 Å². The van der Waals surface area contributed by atoms with E-state index in [0.29, 0.717) is 11.6 Å². The number of rotatable bonds is 5. The van der Waals surface area contributed by atoms with Crippen LogP contribution in [0.5, 0.6) is 0 Å². The molecule has 116 valence electrons. The number of likely N-dealkylation sites (tertiary alicyclic amines) is 1. The molecule has 1 aliphatic heterocycles. The average molecular weight is 292 g/mol. The van der Waals surface area contributed by atoms with Crippen molar-refractivity contribution in [2.24, 2.45) is 0 Å². The molecule has 5 nitrogen and oxygen atoms in total. The van der Waals surface area contributed by atoms with E-state index in [0.717, 1.165) is 25.1 Å². The van der Waals surface area contributed by atoms with E-state index in [9.17, 15) is 9.90 Å². The molecule has 2 rings (SSSR count). The van der Waals surface area contributed by atoms with Crippen molar-refractivity contribution >= 4 is 11.6 Å². The van der Waals surface area contributed by atoms with E-state index in [1.165, 1.54) is 6.42 Å². The molecule has 1 heterocycles. The smallest absolute Gasteiger partial charge is 0.254 e. The highest BCUT2D eigenvalue weighted by Crippen LogP contribution is 2.20. The third-order valence-corrected chi connectivity index (χ3v) is 3.95. The molecular formula is C16H24N2O3. The SMILES string of the molecule is CC1CCCCN1C(=O)c1ccc(NCC(O)CO)cc1. The zero-order valence-electron chi connectivity index (χ0n) is 12.5. The lowest BCUT2D eigenvalue weighted by molar-refractivity contribution is 0.0635. The fourth-order valence-corrected chi connectivity index (χ4v) is 2.60. The average Bonchev–Trinajstić information content (AvgIpc) is 2.53. The van der Waals surface area contributed by atoms with E-state index >= 15 is 0 Å². The molecule has 3 N–H and O–H groups in total. The number of hydrogen-bond acceptors (Lipinski definition) is 4. The van der Waals surface area contributed by atoms with Gasteiger partial charge in [-0.2, -0.15) is 0 Å². The minimum absolute atomic E-state index is 0.0872. The van der Waals surface area contributed by atoms with Gasteiger partial charge in [0.1, 0.15) is 0 Å². The Bertz CT molecular complexity index is 461. The molecule has 1 fully saturated rings. The maximum atomic E-state index is 12.5. The third-order valence-electron chi connectivity index (χ3n) is 3.95. The fourth-order valence-electron chi connectivity index (χ4n) is 2.60. The van der Waals surface area contributed by atoms with Crippen molar-refractivity contribution in [3.63, 3.8) is 0 Å². The number of aliphatic hydroxyl groups excluding tert-OH is 2. The highest BCUT2D eigenvalue weighted by atomic mass is 16.3. The first-order valence-corrected chi connectivity index (χ1v) is 7.55. The van der Waals surface area contributed by atoms with Gasteiger partial charge in [-0.15, -0.1) is 0 Å². The number of hydrogen-bond donors (Lipinski definition) is 3. The van der Waals surface area contributed by atoms with Gasteiger partial charge in [0.2, 0.25) is 0 Å². The summed E-state index contributed by atoms with van der Waals surface area (Å²) >= 11 is 0. The van der Waals surface area contributed by atoms with Crippen LogP contribution in [0.15, 0.2) is 24.3 Å². The van der Waals surface area contributed by atoms with E-state index in [-0.39, 0.29) is 19.1 Å². The van der Waals surface area contributed by atoms with Crippen LogP contribution < -0.4 is 5.32 Å². The minimum Gasteiger partial charge on any atom is -0.394 e. The fraction of sp³-hybridized carbons (Fsp3) is 0.562. The Hall–Kier alpha value is -1.59. The van der Waals surface area contributed by atoms with Gasteiger partial charge in [0, 0.05) is 30.4 Å². The first kappa shape index (κ1) is 15.8. The third kappa shape index (κ3) is 4.19. The van der Waals surface area contributed by atoms with Crippen LogP contribution in [0.2, 0.25) is 0 Å². The summed E-state index contributed by atoms with van der Waals surface area (Å²) in [5, 5.41) is 21.1. The molecule has 2 atom stereocenters. The van der Waals surface area contributed by atoms with E-state index in [1.54, 1.807) is 12.1 Å². The number of aliphatic hydroxyl groups is 2. The topological polar surface area (TPSA) is 72.8 Å². The number of nitrogens with one attached hydrogen (secondary N) is 1. The van der Waals surface area contributed by atoms with Crippen LogP contribution in [-0.2, 0) is 0 Å². The van der Waals surface area contributed by atoms with Crippen molar-refractivity contribution in [2.45, 2.75) is 38.3 Å². The summed E-state index contributed by atoms with van der Waals surface area (Å²) in [4.78, 5) is 14.4. The Kier molecular flexibility index (Phi) is 5.59. The van der Waals surface area contributed by atoms with Gasteiger partial charge >= 0.3 is 0 Å². The number of piperidine rings is 1. The van der Waals surface area contributed by atoms with Gasteiger partial charge < -0.3 is 20.4 Å². The molecule has 0 bridgehead atoms. The maximum Gasteiger partial charge on any atom is 0.254 e. The first-order chi connectivity index (χ1) is 10.1. The molecule has 2 unspecified atom stereocenters. The summed E-state index contributed by atoms with van der Waals surface area (Å²) in [7, 11) is 0.